The highest BCUT2D eigenvalue weighted by molar-refractivity contribution is 6.35. The molecule has 34 heavy (non-hydrogen) atoms. The summed E-state index contributed by atoms with van der Waals surface area (Å²) in [6.45, 7) is 6.97. The lowest BCUT2D eigenvalue weighted by Crippen LogP contribution is -2.37. The molecule has 0 aromatic heterocycles. The molecule has 1 fully saturated rings. The predicted molar refractivity (Wildman–Crippen MR) is 128 cm³/mol. The average molecular weight is 465 g/mol. The van der Waals surface area contributed by atoms with Crippen molar-refractivity contribution in [3.05, 3.63) is 70.8 Å². The van der Waals surface area contributed by atoms with Gasteiger partial charge in [0.2, 0.25) is 0 Å². The van der Waals surface area contributed by atoms with E-state index in [1.54, 1.807) is 6.08 Å². The number of morpholine rings is 1. The summed E-state index contributed by atoms with van der Waals surface area (Å²) in [5.41, 5.74) is 3.92. The highest BCUT2D eigenvalue weighted by Gasteiger charge is 2.30. The van der Waals surface area contributed by atoms with E-state index < -0.39 is 17.5 Å². The number of ether oxygens (including phenoxy) is 2. The molecule has 0 unspecified atom stereocenters. The van der Waals surface area contributed by atoms with E-state index in [0.717, 1.165) is 73.3 Å². The number of rotatable bonds is 6. The summed E-state index contributed by atoms with van der Waals surface area (Å²) in [5.74, 6) is -1.70. The smallest absolute Gasteiger partial charge is 0.256 e. The Balaban J connectivity index is 1.40. The van der Waals surface area contributed by atoms with Gasteiger partial charge in [-0.1, -0.05) is 24.3 Å². The number of benzene rings is 1. The Morgan fingerprint density at radius 3 is 2.74 bits per heavy atom. The lowest BCUT2D eigenvalue weighted by molar-refractivity contribution is -0.110. The van der Waals surface area contributed by atoms with Crippen LogP contribution >= 0.6 is 0 Å². The summed E-state index contributed by atoms with van der Waals surface area (Å²) < 4.78 is 40.0. The average Bonchev–Trinajstić information content (AvgIpc) is 3.21. The topological polar surface area (TPSA) is 50.8 Å². The number of fused-ring (bicyclic) bond motifs is 2. The zero-order valence-electron chi connectivity index (χ0n) is 19.0. The fraction of sp³-hybridized carbons (Fsp3) is 0.296. The molecular formula is C27H26F2N2O3. The van der Waals surface area contributed by atoms with Gasteiger partial charge in [-0.2, -0.15) is 0 Å². The zero-order valence-corrected chi connectivity index (χ0v) is 19.0. The van der Waals surface area contributed by atoms with Crippen molar-refractivity contribution in [1.82, 2.24) is 4.90 Å². The van der Waals surface area contributed by atoms with E-state index in [-0.39, 0.29) is 16.8 Å². The summed E-state index contributed by atoms with van der Waals surface area (Å²) >= 11 is 0. The quantitative estimate of drug-likeness (QED) is 0.413. The predicted octanol–water partition coefficient (Wildman–Crippen LogP) is 4.97. The number of anilines is 1. The van der Waals surface area contributed by atoms with E-state index in [9.17, 15) is 13.6 Å². The molecule has 0 spiro atoms. The molecule has 0 bridgehead atoms. The first-order valence-corrected chi connectivity index (χ1v) is 11.5. The first-order chi connectivity index (χ1) is 16.5. The minimum Gasteiger partial charge on any atom is -0.493 e. The Kier molecular flexibility index (Phi) is 6.30. The van der Waals surface area contributed by atoms with Crippen molar-refractivity contribution in [3.8, 4) is 16.9 Å². The Hall–Kier alpha value is -3.29. The first-order valence-electron chi connectivity index (χ1n) is 11.5. The van der Waals surface area contributed by atoms with Crippen LogP contribution in [-0.4, -0.2) is 50.3 Å². The minimum absolute atomic E-state index is 0.0307. The molecule has 0 radical (unpaired) electrons. The second kappa shape index (κ2) is 9.52. The molecule has 5 nitrogen and oxygen atoms in total. The molecule has 2 aliphatic heterocycles. The third-order valence-corrected chi connectivity index (χ3v) is 6.35. The van der Waals surface area contributed by atoms with Crippen molar-refractivity contribution in [2.45, 2.75) is 13.3 Å². The molecule has 5 rings (SSSR count). The van der Waals surface area contributed by atoms with E-state index in [2.05, 4.69) is 10.2 Å². The number of hydrogen-bond acceptors (Lipinski definition) is 4. The number of halogens is 2. The van der Waals surface area contributed by atoms with Gasteiger partial charge in [-0.25, -0.2) is 8.78 Å². The molecule has 1 aromatic carbocycles. The number of carbonyl (C=O) groups excluding carboxylic acids is 1. The van der Waals surface area contributed by atoms with Crippen LogP contribution in [0.5, 0.6) is 5.75 Å². The van der Waals surface area contributed by atoms with Crippen molar-refractivity contribution in [1.29, 1.82) is 0 Å². The van der Waals surface area contributed by atoms with Crippen LogP contribution in [0, 0.1) is 18.6 Å². The van der Waals surface area contributed by atoms with Crippen molar-refractivity contribution >= 4 is 23.2 Å². The Morgan fingerprint density at radius 2 is 1.91 bits per heavy atom. The number of amides is 1. The van der Waals surface area contributed by atoms with Gasteiger partial charge < -0.3 is 14.8 Å². The lowest BCUT2D eigenvalue weighted by atomic mass is 10.0. The van der Waals surface area contributed by atoms with Gasteiger partial charge in [0.25, 0.3) is 5.91 Å². The minimum atomic E-state index is -1.02. The molecule has 7 heteroatoms. The van der Waals surface area contributed by atoms with Crippen molar-refractivity contribution < 1.29 is 23.0 Å². The maximum absolute atomic E-state index is 14.5. The van der Waals surface area contributed by atoms with Crippen LogP contribution in [-0.2, 0) is 9.53 Å². The molecule has 2 heterocycles. The van der Waals surface area contributed by atoms with Gasteiger partial charge in [-0.15, -0.1) is 0 Å². The van der Waals surface area contributed by atoms with E-state index in [1.165, 1.54) is 6.07 Å². The fourth-order valence-corrected chi connectivity index (χ4v) is 4.67. The molecule has 0 atom stereocenters. The largest absolute Gasteiger partial charge is 0.493 e. The normalized spacial score (nSPS) is 17.3. The van der Waals surface area contributed by atoms with Gasteiger partial charge in [0.05, 0.1) is 31.1 Å². The summed E-state index contributed by atoms with van der Waals surface area (Å²) in [6.07, 6.45) is 2.53. The van der Waals surface area contributed by atoms with Gasteiger partial charge in [0, 0.05) is 30.8 Å². The summed E-state index contributed by atoms with van der Waals surface area (Å²) in [6, 6.07) is 12.1. The highest BCUT2D eigenvalue weighted by Crippen LogP contribution is 2.42. The van der Waals surface area contributed by atoms with Gasteiger partial charge in [-0.05, 0) is 54.3 Å². The van der Waals surface area contributed by atoms with Crippen LogP contribution in [0.2, 0.25) is 0 Å². The number of carbonyl (C=O) groups is 1. The Morgan fingerprint density at radius 1 is 1.12 bits per heavy atom. The van der Waals surface area contributed by atoms with E-state index in [4.69, 9.17) is 9.47 Å². The van der Waals surface area contributed by atoms with Gasteiger partial charge >= 0.3 is 0 Å². The summed E-state index contributed by atoms with van der Waals surface area (Å²) in [7, 11) is 0. The monoisotopic (exact) mass is 464 g/mol. The number of hydrogen-bond donors (Lipinski definition) is 1. The Labute approximate surface area is 197 Å². The molecule has 1 N–H and O–H groups in total. The molecule has 1 amide bonds. The molecular weight excluding hydrogens is 438 g/mol. The van der Waals surface area contributed by atoms with Crippen LogP contribution in [0.4, 0.5) is 14.5 Å². The molecule has 1 saturated heterocycles. The summed E-state index contributed by atoms with van der Waals surface area (Å²) in [4.78, 5) is 14.9. The molecule has 2 aliphatic carbocycles. The zero-order chi connectivity index (χ0) is 23.7. The number of nitrogens with one attached hydrogen (secondary N) is 1. The SMILES string of the molecule is Cc1cc(/C=C2\C(=O)Nc3ccc(F)c(F)c32)c2ccccc(OCCCN3CCOCC3)c1-2. The van der Waals surface area contributed by atoms with Crippen molar-refractivity contribution in [2.24, 2.45) is 0 Å². The van der Waals surface area contributed by atoms with Gasteiger partial charge in [0.15, 0.2) is 11.6 Å². The van der Waals surface area contributed by atoms with Gasteiger partial charge in [-0.3, -0.25) is 9.69 Å². The summed E-state index contributed by atoms with van der Waals surface area (Å²) in [5, 5.41) is 2.62. The van der Waals surface area contributed by atoms with Crippen molar-refractivity contribution in [3.63, 3.8) is 0 Å². The maximum atomic E-state index is 14.5. The fourth-order valence-electron chi connectivity index (χ4n) is 4.67. The number of nitrogens with zero attached hydrogens (tertiary/aromatic N) is 1. The molecule has 0 saturated carbocycles. The van der Waals surface area contributed by atoms with Crippen LogP contribution in [0.15, 0.2) is 42.5 Å². The second-order valence-electron chi connectivity index (χ2n) is 8.61. The van der Waals surface area contributed by atoms with E-state index in [1.807, 2.05) is 37.3 Å². The van der Waals surface area contributed by atoms with Crippen LogP contribution in [0.25, 0.3) is 22.8 Å². The van der Waals surface area contributed by atoms with E-state index >= 15 is 0 Å². The van der Waals surface area contributed by atoms with Gasteiger partial charge in [0.1, 0.15) is 5.75 Å². The van der Waals surface area contributed by atoms with Crippen LogP contribution in [0.1, 0.15) is 23.1 Å². The lowest BCUT2D eigenvalue weighted by Gasteiger charge is -2.26. The molecule has 4 aliphatic rings. The number of aryl methyl sites for hydroxylation is 1. The molecule has 1 aromatic rings. The third-order valence-electron chi connectivity index (χ3n) is 6.35. The molecule has 176 valence electrons. The maximum Gasteiger partial charge on any atom is 0.256 e. The van der Waals surface area contributed by atoms with E-state index in [0.29, 0.717) is 6.61 Å². The first kappa shape index (κ1) is 22.5. The highest BCUT2D eigenvalue weighted by atomic mass is 19.2. The van der Waals surface area contributed by atoms with Crippen LogP contribution in [0.3, 0.4) is 0 Å². The van der Waals surface area contributed by atoms with Crippen molar-refractivity contribution in [2.75, 3.05) is 44.8 Å². The Bertz CT molecular complexity index is 1230. The standard InChI is InChI=1S/C27H26F2N2O3/c1-17-15-18(16-20-25-22(30-27(20)32)8-7-21(28)26(25)29)19-5-2-3-6-23(24(17)19)34-12-4-9-31-10-13-33-14-11-31/h2-3,5-8,15-16H,4,9-14H2,1H3,(H,30,32)/b20-16-. The van der Waals surface area contributed by atoms with Crippen LogP contribution < -0.4 is 10.1 Å². The second-order valence-corrected chi connectivity index (χ2v) is 8.61. The third kappa shape index (κ3) is 4.29.